The van der Waals surface area contributed by atoms with Crippen LogP contribution in [0.4, 0.5) is 5.82 Å². The first-order valence-electron chi connectivity index (χ1n) is 5.91. The minimum absolute atomic E-state index is 0.136. The van der Waals surface area contributed by atoms with E-state index in [9.17, 15) is 4.79 Å². The Hall–Kier alpha value is -1.69. The van der Waals surface area contributed by atoms with Crippen molar-refractivity contribution < 1.29 is 14.3 Å². The zero-order valence-electron chi connectivity index (χ0n) is 10.8. The molecule has 2 unspecified atom stereocenters. The quantitative estimate of drug-likeness (QED) is 0.727. The topological polar surface area (TPSA) is 64.5 Å². The van der Waals surface area contributed by atoms with Crippen LogP contribution in [0.15, 0.2) is 12.4 Å². The average Bonchev–Trinajstić information content (AvgIpc) is 2.37. The molecular weight excluding hydrogens is 234 g/mol. The molecule has 0 amide bonds. The maximum atomic E-state index is 11.4. The van der Waals surface area contributed by atoms with Gasteiger partial charge in [-0.15, -0.1) is 0 Å². The average molecular weight is 251 g/mol. The number of carbonyl (C=O) groups is 1. The number of rotatable bonds is 2. The van der Waals surface area contributed by atoms with E-state index in [-0.39, 0.29) is 17.9 Å². The molecule has 1 saturated heterocycles. The summed E-state index contributed by atoms with van der Waals surface area (Å²) < 4.78 is 10.3. The van der Waals surface area contributed by atoms with Crippen LogP contribution in [0.1, 0.15) is 24.3 Å². The van der Waals surface area contributed by atoms with Crippen molar-refractivity contribution in [1.29, 1.82) is 0 Å². The van der Waals surface area contributed by atoms with Crippen molar-refractivity contribution in [2.24, 2.45) is 0 Å². The molecule has 0 saturated carbocycles. The Morgan fingerprint density at radius 3 is 2.67 bits per heavy atom. The summed E-state index contributed by atoms with van der Waals surface area (Å²) in [6.07, 6.45) is 3.33. The van der Waals surface area contributed by atoms with Gasteiger partial charge in [-0.3, -0.25) is 4.98 Å². The molecule has 0 bridgehead atoms. The molecule has 2 atom stereocenters. The van der Waals surface area contributed by atoms with Gasteiger partial charge in [0.25, 0.3) is 0 Å². The van der Waals surface area contributed by atoms with Crippen molar-refractivity contribution in [3.63, 3.8) is 0 Å². The van der Waals surface area contributed by atoms with Crippen LogP contribution < -0.4 is 4.90 Å². The van der Waals surface area contributed by atoms with Gasteiger partial charge in [0, 0.05) is 13.1 Å². The van der Waals surface area contributed by atoms with Gasteiger partial charge < -0.3 is 14.4 Å². The van der Waals surface area contributed by atoms with Crippen LogP contribution in [0.3, 0.4) is 0 Å². The van der Waals surface area contributed by atoms with E-state index in [2.05, 4.69) is 19.6 Å². The summed E-state index contributed by atoms with van der Waals surface area (Å²) in [5.74, 6) is 0.207. The molecule has 0 spiro atoms. The van der Waals surface area contributed by atoms with Crippen LogP contribution in [-0.4, -0.2) is 48.3 Å². The predicted octanol–water partition coefficient (Wildman–Crippen LogP) is 0.877. The van der Waals surface area contributed by atoms with E-state index in [1.807, 2.05) is 13.8 Å². The van der Waals surface area contributed by atoms with Crippen molar-refractivity contribution in [1.82, 2.24) is 9.97 Å². The SMILES string of the molecule is COC(=O)c1cncc(N2CC(C)OC(C)C2)n1. The Labute approximate surface area is 106 Å². The molecule has 1 aromatic rings. The lowest BCUT2D eigenvalue weighted by Gasteiger charge is -2.35. The standard InChI is InChI=1S/C12H17N3O3/c1-8-6-15(7-9(2)18-8)11-5-13-4-10(14-11)12(16)17-3/h4-5,8-9H,6-7H2,1-3H3. The lowest BCUT2D eigenvalue weighted by molar-refractivity contribution is -0.00548. The number of hydrogen-bond acceptors (Lipinski definition) is 6. The number of nitrogens with zero attached hydrogens (tertiary/aromatic N) is 3. The molecule has 6 nitrogen and oxygen atoms in total. The maximum absolute atomic E-state index is 11.4. The van der Waals surface area contributed by atoms with E-state index in [0.717, 1.165) is 13.1 Å². The lowest BCUT2D eigenvalue weighted by Crippen LogP contribution is -2.46. The van der Waals surface area contributed by atoms with Crippen LogP contribution in [0.2, 0.25) is 0 Å². The highest BCUT2D eigenvalue weighted by atomic mass is 16.5. The highest BCUT2D eigenvalue weighted by molar-refractivity contribution is 5.87. The first kappa shape index (κ1) is 12.8. The van der Waals surface area contributed by atoms with Crippen molar-refractivity contribution in [3.05, 3.63) is 18.1 Å². The number of ether oxygens (including phenoxy) is 2. The maximum Gasteiger partial charge on any atom is 0.358 e. The first-order valence-corrected chi connectivity index (χ1v) is 5.91. The zero-order valence-corrected chi connectivity index (χ0v) is 10.8. The van der Waals surface area contributed by atoms with Crippen LogP contribution in [-0.2, 0) is 9.47 Å². The molecule has 0 aliphatic carbocycles. The van der Waals surface area contributed by atoms with Crippen LogP contribution in [0.25, 0.3) is 0 Å². The third kappa shape index (κ3) is 2.76. The van der Waals surface area contributed by atoms with Crippen molar-refractivity contribution in [3.8, 4) is 0 Å². The molecule has 1 aliphatic heterocycles. The van der Waals surface area contributed by atoms with Crippen molar-refractivity contribution in [2.45, 2.75) is 26.1 Å². The fraction of sp³-hybridized carbons (Fsp3) is 0.583. The number of anilines is 1. The molecule has 2 rings (SSSR count). The van der Waals surface area contributed by atoms with Gasteiger partial charge in [-0.1, -0.05) is 0 Å². The molecule has 0 N–H and O–H groups in total. The fourth-order valence-corrected chi connectivity index (χ4v) is 2.08. The molecule has 0 radical (unpaired) electrons. The number of morpholine rings is 1. The second kappa shape index (κ2) is 5.30. The summed E-state index contributed by atoms with van der Waals surface area (Å²) in [6.45, 7) is 5.51. The Morgan fingerprint density at radius 1 is 1.39 bits per heavy atom. The van der Waals surface area contributed by atoms with Crippen LogP contribution in [0.5, 0.6) is 0 Å². The van der Waals surface area contributed by atoms with Crippen LogP contribution >= 0.6 is 0 Å². The van der Waals surface area contributed by atoms with Gasteiger partial charge in [-0.2, -0.15) is 0 Å². The number of carbonyl (C=O) groups excluding carboxylic acids is 1. The summed E-state index contributed by atoms with van der Waals surface area (Å²) >= 11 is 0. The van der Waals surface area contributed by atoms with E-state index < -0.39 is 5.97 Å². The van der Waals surface area contributed by atoms with Gasteiger partial charge in [0.05, 0.1) is 31.7 Å². The van der Waals surface area contributed by atoms with E-state index >= 15 is 0 Å². The Morgan fingerprint density at radius 2 is 2.06 bits per heavy atom. The Balaban J connectivity index is 2.20. The molecule has 2 heterocycles. The van der Waals surface area contributed by atoms with Gasteiger partial charge in [-0.05, 0) is 13.8 Å². The summed E-state index contributed by atoms with van der Waals surface area (Å²) in [5.41, 5.74) is 0.224. The van der Waals surface area contributed by atoms with Gasteiger partial charge in [0.15, 0.2) is 5.69 Å². The highest BCUT2D eigenvalue weighted by Gasteiger charge is 2.24. The number of aromatic nitrogens is 2. The zero-order chi connectivity index (χ0) is 13.1. The minimum atomic E-state index is -0.473. The highest BCUT2D eigenvalue weighted by Crippen LogP contribution is 2.17. The summed E-state index contributed by atoms with van der Waals surface area (Å²) in [4.78, 5) is 21.8. The second-order valence-electron chi connectivity index (χ2n) is 4.42. The summed E-state index contributed by atoms with van der Waals surface area (Å²) in [5, 5.41) is 0. The number of esters is 1. The second-order valence-corrected chi connectivity index (χ2v) is 4.42. The van der Waals surface area contributed by atoms with Gasteiger partial charge in [-0.25, -0.2) is 9.78 Å². The van der Waals surface area contributed by atoms with Crippen molar-refractivity contribution in [2.75, 3.05) is 25.1 Å². The first-order chi connectivity index (χ1) is 8.60. The van der Waals surface area contributed by atoms with Crippen molar-refractivity contribution >= 4 is 11.8 Å². The molecule has 18 heavy (non-hydrogen) atoms. The summed E-state index contributed by atoms with van der Waals surface area (Å²) in [6, 6.07) is 0. The Bertz CT molecular complexity index is 428. The van der Waals surface area contributed by atoms with Gasteiger partial charge in [0.1, 0.15) is 5.82 Å². The molecule has 1 aromatic heterocycles. The molecule has 1 fully saturated rings. The molecule has 98 valence electrons. The van der Waals surface area contributed by atoms with E-state index in [1.54, 1.807) is 6.20 Å². The summed E-state index contributed by atoms with van der Waals surface area (Å²) in [7, 11) is 1.33. The van der Waals surface area contributed by atoms with E-state index in [1.165, 1.54) is 13.3 Å². The van der Waals surface area contributed by atoms with Gasteiger partial charge in [0.2, 0.25) is 0 Å². The number of methoxy groups -OCH3 is 1. The molecule has 1 aliphatic rings. The third-order valence-electron chi connectivity index (χ3n) is 2.76. The minimum Gasteiger partial charge on any atom is -0.464 e. The monoisotopic (exact) mass is 251 g/mol. The molecular formula is C12H17N3O3. The lowest BCUT2D eigenvalue weighted by atomic mass is 10.2. The molecule has 0 aromatic carbocycles. The Kier molecular flexibility index (Phi) is 3.76. The normalized spacial score (nSPS) is 23.8. The van der Waals surface area contributed by atoms with Gasteiger partial charge >= 0.3 is 5.97 Å². The fourth-order valence-electron chi connectivity index (χ4n) is 2.08. The third-order valence-corrected chi connectivity index (χ3v) is 2.76. The van der Waals surface area contributed by atoms with E-state index in [4.69, 9.17) is 4.74 Å². The van der Waals surface area contributed by atoms with Crippen LogP contribution in [0, 0.1) is 0 Å². The largest absolute Gasteiger partial charge is 0.464 e. The smallest absolute Gasteiger partial charge is 0.358 e. The predicted molar refractivity (Wildman–Crippen MR) is 65.6 cm³/mol. The molecule has 6 heteroatoms. The number of hydrogen-bond donors (Lipinski definition) is 0. The van der Waals surface area contributed by atoms with E-state index in [0.29, 0.717) is 5.82 Å².